The molecule has 1 atom stereocenters. The second kappa shape index (κ2) is 9.35. The van der Waals surface area contributed by atoms with Gasteiger partial charge in [-0.2, -0.15) is 0 Å². The lowest BCUT2D eigenvalue weighted by Crippen LogP contribution is -2.35. The summed E-state index contributed by atoms with van der Waals surface area (Å²) in [7, 11) is 4.85. The van der Waals surface area contributed by atoms with Crippen LogP contribution in [-0.2, 0) is 17.6 Å². The Kier molecular flexibility index (Phi) is 6.63. The molecule has 0 saturated carbocycles. The molecule has 0 saturated heterocycles. The highest BCUT2D eigenvalue weighted by Crippen LogP contribution is 2.35. The van der Waals surface area contributed by atoms with Crippen LogP contribution in [0.4, 0.5) is 0 Å². The molecule has 0 fully saturated rings. The molecule has 2 aromatic rings. The zero-order chi connectivity index (χ0) is 19.9. The van der Waals surface area contributed by atoms with Crippen LogP contribution in [0.5, 0.6) is 23.0 Å². The topological polar surface area (TPSA) is 66.0 Å². The average Bonchev–Trinajstić information content (AvgIpc) is 2.75. The molecule has 6 nitrogen and oxygen atoms in total. The molecule has 2 aromatic carbocycles. The van der Waals surface area contributed by atoms with E-state index in [-0.39, 0.29) is 11.8 Å². The van der Waals surface area contributed by atoms with Crippen LogP contribution in [-0.4, -0.2) is 40.4 Å². The molecule has 150 valence electrons. The van der Waals surface area contributed by atoms with Crippen LogP contribution in [0.3, 0.4) is 0 Å². The van der Waals surface area contributed by atoms with Gasteiger partial charge in [0.1, 0.15) is 0 Å². The van der Waals surface area contributed by atoms with Crippen molar-refractivity contribution in [2.45, 2.75) is 19.3 Å². The number of ether oxygens (including phenoxy) is 4. The number of hydrogen-bond donors (Lipinski definition) is 1. The molecule has 1 aliphatic heterocycles. The van der Waals surface area contributed by atoms with E-state index in [4.69, 9.17) is 18.9 Å². The zero-order valence-electron chi connectivity index (χ0n) is 16.6. The summed E-state index contributed by atoms with van der Waals surface area (Å²) < 4.78 is 21.7. The zero-order valence-corrected chi connectivity index (χ0v) is 16.6. The number of carbonyl (C=O) groups is 1. The molecule has 6 heteroatoms. The Bertz CT molecular complexity index is 821. The van der Waals surface area contributed by atoms with Gasteiger partial charge in [0.05, 0.1) is 27.9 Å². The minimum absolute atomic E-state index is 0.0335. The molecule has 1 amide bonds. The van der Waals surface area contributed by atoms with E-state index in [0.29, 0.717) is 37.5 Å². The standard InChI is InChI=1S/C22H27NO5/c1-25-18-9-7-15(12-20(18)27-3)8-10-21(24)23-13-16-11-17-5-4-6-19(26-2)22(17)28-14-16/h4-7,9,12,16H,8,10-11,13-14H2,1-3H3,(H,23,24)/t16-/m0/s1. The third-order valence-corrected chi connectivity index (χ3v) is 4.93. The summed E-state index contributed by atoms with van der Waals surface area (Å²) in [6.07, 6.45) is 1.93. The van der Waals surface area contributed by atoms with Crippen molar-refractivity contribution in [3.63, 3.8) is 0 Å². The van der Waals surface area contributed by atoms with E-state index >= 15 is 0 Å². The maximum atomic E-state index is 12.3. The molecular weight excluding hydrogens is 358 g/mol. The van der Waals surface area contributed by atoms with Crippen LogP contribution >= 0.6 is 0 Å². The molecular formula is C22H27NO5. The number of aryl methyl sites for hydroxylation is 1. The van der Waals surface area contributed by atoms with Crippen molar-refractivity contribution >= 4 is 5.91 Å². The van der Waals surface area contributed by atoms with Gasteiger partial charge in [-0.05, 0) is 42.2 Å². The number of fused-ring (bicyclic) bond motifs is 1. The van der Waals surface area contributed by atoms with Crippen molar-refractivity contribution in [2.24, 2.45) is 5.92 Å². The van der Waals surface area contributed by atoms with Crippen LogP contribution in [0, 0.1) is 5.92 Å². The highest BCUT2D eigenvalue weighted by atomic mass is 16.5. The van der Waals surface area contributed by atoms with Crippen molar-refractivity contribution in [1.82, 2.24) is 5.32 Å². The maximum absolute atomic E-state index is 12.3. The lowest BCUT2D eigenvalue weighted by Gasteiger charge is -2.26. The van der Waals surface area contributed by atoms with Crippen molar-refractivity contribution in [2.75, 3.05) is 34.5 Å². The molecule has 1 N–H and O–H groups in total. The Labute approximate surface area is 165 Å². The summed E-state index contributed by atoms with van der Waals surface area (Å²) in [4.78, 5) is 12.3. The van der Waals surface area contributed by atoms with Gasteiger partial charge in [-0.1, -0.05) is 18.2 Å². The van der Waals surface area contributed by atoms with Gasteiger partial charge in [0.2, 0.25) is 5.91 Å². The number of hydrogen-bond acceptors (Lipinski definition) is 5. The first kappa shape index (κ1) is 19.9. The molecule has 1 heterocycles. The molecule has 3 rings (SSSR count). The molecule has 1 aliphatic rings. The van der Waals surface area contributed by atoms with Gasteiger partial charge in [0.25, 0.3) is 0 Å². The van der Waals surface area contributed by atoms with Gasteiger partial charge in [-0.25, -0.2) is 0 Å². The minimum atomic E-state index is 0.0335. The normalized spacial score (nSPS) is 15.2. The van der Waals surface area contributed by atoms with Crippen molar-refractivity contribution in [3.05, 3.63) is 47.5 Å². The van der Waals surface area contributed by atoms with Crippen molar-refractivity contribution < 1.29 is 23.7 Å². The molecule has 0 unspecified atom stereocenters. The van der Waals surface area contributed by atoms with Crippen molar-refractivity contribution in [1.29, 1.82) is 0 Å². The Morgan fingerprint density at radius 1 is 1.07 bits per heavy atom. The van der Waals surface area contributed by atoms with Crippen LogP contribution in [0.1, 0.15) is 17.5 Å². The summed E-state index contributed by atoms with van der Waals surface area (Å²) in [5.74, 6) is 3.23. The monoisotopic (exact) mass is 385 g/mol. The van der Waals surface area contributed by atoms with Gasteiger partial charge in [0, 0.05) is 18.9 Å². The lowest BCUT2D eigenvalue weighted by molar-refractivity contribution is -0.121. The lowest BCUT2D eigenvalue weighted by atomic mass is 9.96. The van der Waals surface area contributed by atoms with E-state index in [1.54, 1.807) is 21.3 Å². The molecule has 0 radical (unpaired) electrons. The Balaban J connectivity index is 1.47. The number of rotatable bonds is 8. The van der Waals surface area contributed by atoms with E-state index < -0.39 is 0 Å². The molecule has 28 heavy (non-hydrogen) atoms. The summed E-state index contributed by atoms with van der Waals surface area (Å²) in [6, 6.07) is 11.6. The van der Waals surface area contributed by atoms with Crippen LogP contribution < -0.4 is 24.3 Å². The average molecular weight is 385 g/mol. The first-order valence-electron chi connectivity index (χ1n) is 9.41. The minimum Gasteiger partial charge on any atom is -0.493 e. The molecule has 0 spiro atoms. The number of amides is 1. The fraction of sp³-hybridized carbons (Fsp3) is 0.409. The molecule has 0 aromatic heterocycles. The van der Waals surface area contributed by atoms with Crippen LogP contribution in [0.2, 0.25) is 0 Å². The van der Waals surface area contributed by atoms with Gasteiger partial charge in [-0.15, -0.1) is 0 Å². The summed E-state index contributed by atoms with van der Waals surface area (Å²) in [5.41, 5.74) is 2.16. The SMILES string of the molecule is COc1ccc(CCC(=O)NC[C@H]2COc3c(cccc3OC)C2)cc1OC. The maximum Gasteiger partial charge on any atom is 0.220 e. The first-order valence-corrected chi connectivity index (χ1v) is 9.41. The van der Waals surface area contributed by atoms with Crippen LogP contribution in [0.25, 0.3) is 0 Å². The van der Waals surface area contributed by atoms with E-state index in [1.165, 1.54) is 0 Å². The fourth-order valence-corrected chi connectivity index (χ4v) is 3.39. The molecule has 0 aliphatic carbocycles. The predicted molar refractivity (Wildman–Crippen MR) is 107 cm³/mol. The number of methoxy groups -OCH3 is 3. The quantitative estimate of drug-likeness (QED) is 0.757. The smallest absolute Gasteiger partial charge is 0.220 e. The second-order valence-electron chi connectivity index (χ2n) is 6.82. The third-order valence-electron chi connectivity index (χ3n) is 4.93. The van der Waals surface area contributed by atoms with Gasteiger partial charge in [-0.3, -0.25) is 4.79 Å². The summed E-state index contributed by atoms with van der Waals surface area (Å²) >= 11 is 0. The largest absolute Gasteiger partial charge is 0.493 e. The van der Waals surface area contributed by atoms with Gasteiger partial charge in [0.15, 0.2) is 23.0 Å². The van der Waals surface area contributed by atoms with Gasteiger partial charge < -0.3 is 24.3 Å². The Morgan fingerprint density at radius 2 is 1.86 bits per heavy atom. The number of benzene rings is 2. The van der Waals surface area contributed by atoms with E-state index in [0.717, 1.165) is 29.0 Å². The highest BCUT2D eigenvalue weighted by molar-refractivity contribution is 5.76. The predicted octanol–water partition coefficient (Wildman–Crippen LogP) is 3.01. The Hall–Kier alpha value is -2.89. The summed E-state index contributed by atoms with van der Waals surface area (Å²) in [6.45, 7) is 1.17. The van der Waals surface area contributed by atoms with Gasteiger partial charge >= 0.3 is 0 Å². The number of para-hydroxylation sites is 1. The van der Waals surface area contributed by atoms with E-state index in [2.05, 4.69) is 5.32 Å². The first-order chi connectivity index (χ1) is 13.6. The van der Waals surface area contributed by atoms with E-state index in [1.807, 2.05) is 36.4 Å². The third kappa shape index (κ3) is 4.68. The summed E-state index contributed by atoms with van der Waals surface area (Å²) in [5, 5.41) is 3.03. The van der Waals surface area contributed by atoms with Crippen molar-refractivity contribution in [3.8, 4) is 23.0 Å². The van der Waals surface area contributed by atoms with E-state index in [9.17, 15) is 4.79 Å². The van der Waals surface area contributed by atoms with Crippen LogP contribution in [0.15, 0.2) is 36.4 Å². The highest BCUT2D eigenvalue weighted by Gasteiger charge is 2.23. The Morgan fingerprint density at radius 3 is 2.61 bits per heavy atom. The number of nitrogens with one attached hydrogen (secondary N) is 1. The molecule has 0 bridgehead atoms. The number of carbonyl (C=O) groups excluding carboxylic acids is 1. The fourth-order valence-electron chi connectivity index (χ4n) is 3.39. The second-order valence-corrected chi connectivity index (χ2v) is 6.82.